The molecule has 11 heteroatoms. The van der Waals surface area contributed by atoms with Crippen LogP contribution in [0.5, 0.6) is 5.75 Å². The predicted molar refractivity (Wildman–Crippen MR) is 121 cm³/mol. The number of nitrogens with zero attached hydrogens (tertiary/aromatic N) is 3. The number of nitrogen functional groups attached to an aromatic ring is 1. The van der Waals surface area contributed by atoms with Crippen LogP contribution in [0.2, 0.25) is 0 Å². The van der Waals surface area contributed by atoms with E-state index in [1.807, 2.05) is 30.3 Å². The number of hydrogen-bond acceptors (Lipinski definition) is 9. The number of benzene rings is 2. The second-order valence-corrected chi connectivity index (χ2v) is 8.99. The molecule has 4 aromatic rings. The lowest BCUT2D eigenvalue weighted by Crippen LogP contribution is -2.39. The lowest BCUT2D eigenvalue weighted by Gasteiger charge is -2.27. The Kier molecular flexibility index (Phi) is 5.55. The van der Waals surface area contributed by atoms with Crippen LogP contribution in [-0.2, 0) is 19.4 Å². The van der Waals surface area contributed by atoms with Crippen molar-refractivity contribution in [3.05, 3.63) is 66.6 Å². The lowest BCUT2D eigenvalue weighted by molar-refractivity contribution is -0.0867. The first-order chi connectivity index (χ1) is 15.9. The van der Waals surface area contributed by atoms with Gasteiger partial charge in [-0.1, -0.05) is 36.4 Å². The first kappa shape index (κ1) is 21.8. The molecule has 0 saturated carbocycles. The molecule has 4 N–H and O–H groups in total. The maximum absolute atomic E-state index is 12.5. The fraction of sp³-hybridized carbons (Fsp3) is 0.273. The Morgan fingerprint density at radius 3 is 2.82 bits per heavy atom. The van der Waals surface area contributed by atoms with Crippen LogP contribution >= 0.6 is 8.25 Å². The summed E-state index contributed by atoms with van der Waals surface area (Å²) >= 11 is 0. The predicted octanol–water partition coefficient (Wildman–Crippen LogP) is 2.29. The Morgan fingerprint density at radius 2 is 1.97 bits per heavy atom. The van der Waals surface area contributed by atoms with Gasteiger partial charge in [-0.2, -0.15) is 5.10 Å². The Labute approximate surface area is 189 Å². The zero-order valence-corrected chi connectivity index (χ0v) is 18.7. The van der Waals surface area contributed by atoms with Gasteiger partial charge in [0.25, 0.3) is 0 Å². The minimum Gasteiger partial charge on any atom is -0.426 e. The molecule has 1 aliphatic rings. The molecule has 33 heavy (non-hydrogen) atoms. The van der Waals surface area contributed by atoms with Gasteiger partial charge in [-0.25, -0.2) is 14.1 Å². The summed E-state index contributed by atoms with van der Waals surface area (Å²) in [6.07, 6.45) is -2.22. The van der Waals surface area contributed by atoms with Crippen LogP contribution < -0.4 is 10.3 Å². The maximum Gasteiger partial charge on any atom is 0.367 e. The van der Waals surface area contributed by atoms with Gasteiger partial charge in [-0.05, 0) is 30.5 Å². The van der Waals surface area contributed by atoms with Crippen LogP contribution in [0.1, 0.15) is 12.6 Å². The average Bonchev–Trinajstić information content (AvgIpc) is 3.35. The highest BCUT2D eigenvalue weighted by Gasteiger charge is 2.53. The minimum absolute atomic E-state index is 0.239. The first-order valence-electron chi connectivity index (χ1n) is 10.3. The van der Waals surface area contributed by atoms with E-state index in [9.17, 15) is 14.8 Å². The number of rotatable bonds is 6. The summed E-state index contributed by atoms with van der Waals surface area (Å²) in [6.45, 7) is 1.40. The van der Waals surface area contributed by atoms with Gasteiger partial charge in [0.2, 0.25) is 0 Å². The van der Waals surface area contributed by atoms with Crippen LogP contribution in [0.4, 0.5) is 5.82 Å². The molecule has 172 valence electrons. The number of nitrogens with two attached hydrogens (primary N) is 1. The lowest BCUT2D eigenvalue weighted by atomic mass is 9.93. The molecule has 0 aliphatic carbocycles. The average molecular weight is 470 g/mol. The molecular formula is C22H23N4O6P. The molecule has 0 bridgehead atoms. The fourth-order valence-electron chi connectivity index (χ4n) is 4.21. The van der Waals surface area contributed by atoms with E-state index in [1.165, 1.54) is 10.8 Å². The maximum atomic E-state index is 12.5. The molecular weight excluding hydrogens is 447 g/mol. The van der Waals surface area contributed by atoms with Crippen molar-refractivity contribution >= 4 is 30.4 Å². The molecule has 3 heterocycles. The van der Waals surface area contributed by atoms with Crippen molar-refractivity contribution in [2.75, 3.05) is 12.3 Å². The number of anilines is 1. The van der Waals surface area contributed by atoms with Crippen LogP contribution in [0.3, 0.4) is 0 Å². The second kappa shape index (κ2) is 8.40. The van der Waals surface area contributed by atoms with E-state index in [0.29, 0.717) is 17.0 Å². The van der Waals surface area contributed by atoms with Crippen LogP contribution in [0, 0.1) is 0 Å². The van der Waals surface area contributed by atoms with Crippen molar-refractivity contribution in [1.82, 2.24) is 14.6 Å². The van der Waals surface area contributed by atoms with E-state index in [1.54, 1.807) is 31.2 Å². The van der Waals surface area contributed by atoms with Gasteiger partial charge in [0, 0.05) is 5.39 Å². The zero-order chi connectivity index (χ0) is 23.2. The van der Waals surface area contributed by atoms with Crippen molar-refractivity contribution in [3.63, 3.8) is 0 Å². The first-order valence-corrected chi connectivity index (χ1v) is 11.6. The highest BCUT2D eigenvalue weighted by atomic mass is 31.1. The number of fused-ring (bicyclic) bond motifs is 2. The molecule has 0 amide bonds. The third kappa shape index (κ3) is 3.76. The third-order valence-electron chi connectivity index (χ3n) is 5.96. The van der Waals surface area contributed by atoms with Gasteiger partial charge < -0.3 is 25.2 Å². The van der Waals surface area contributed by atoms with Crippen LogP contribution in [0.25, 0.3) is 16.3 Å². The smallest absolute Gasteiger partial charge is 0.367 e. The topological polar surface area (TPSA) is 141 Å². The molecule has 5 rings (SSSR count). The van der Waals surface area contributed by atoms with Crippen LogP contribution in [-0.4, -0.2) is 49.7 Å². The summed E-state index contributed by atoms with van der Waals surface area (Å²) in [4.78, 5) is 3.95. The molecule has 10 nitrogen and oxygen atoms in total. The number of ether oxygens (including phenoxy) is 1. The van der Waals surface area contributed by atoms with Crippen molar-refractivity contribution in [1.29, 1.82) is 0 Å². The van der Waals surface area contributed by atoms with E-state index in [0.717, 1.165) is 10.8 Å². The van der Waals surface area contributed by atoms with Crippen LogP contribution in [0.15, 0.2) is 60.9 Å². The van der Waals surface area contributed by atoms with E-state index in [-0.39, 0.29) is 12.4 Å². The quantitative estimate of drug-likeness (QED) is 0.362. The third-order valence-corrected chi connectivity index (χ3v) is 6.75. The Hall–Kier alpha value is -3.01. The van der Waals surface area contributed by atoms with E-state index in [2.05, 4.69) is 10.1 Å². The molecule has 1 fully saturated rings. The molecule has 2 aromatic heterocycles. The molecule has 5 atom stereocenters. The van der Waals surface area contributed by atoms with Crippen molar-refractivity contribution in [3.8, 4) is 5.75 Å². The SMILES string of the molecule is C[C@@]1(c2ccc3c(N)ncnn23)O[C@H](CO[PH](=O)Oc2cccc3ccccc23)[C@@H](O)[C@H]1O. The normalized spacial score (nSPS) is 26.1. The molecule has 1 aliphatic heterocycles. The molecule has 0 radical (unpaired) electrons. The number of aliphatic hydroxyl groups excluding tert-OH is 2. The summed E-state index contributed by atoms with van der Waals surface area (Å²) in [6, 6.07) is 16.4. The van der Waals surface area contributed by atoms with Crippen molar-refractivity contribution in [2.45, 2.75) is 30.8 Å². The van der Waals surface area contributed by atoms with Crippen molar-refractivity contribution < 1.29 is 28.6 Å². The Morgan fingerprint density at radius 1 is 1.18 bits per heavy atom. The van der Waals surface area contributed by atoms with E-state index >= 15 is 0 Å². The number of aromatic nitrogens is 3. The molecule has 1 saturated heterocycles. The van der Waals surface area contributed by atoms with Gasteiger partial charge in [-0.3, -0.25) is 4.52 Å². The molecule has 0 spiro atoms. The molecule has 1 unspecified atom stereocenters. The van der Waals surface area contributed by atoms with Crippen molar-refractivity contribution in [2.24, 2.45) is 0 Å². The monoisotopic (exact) mass is 470 g/mol. The molecule has 2 aromatic carbocycles. The van der Waals surface area contributed by atoms with E-state index < -0.39 is 32.2 Å². The summed E-state index contributed by atoms with van der Waals surface area (Å²) in [5.74, 6) is 0.712. The summed E-state index contributed by atoms with van der Waals surface area (Å²) in [5.41, 5.74) is 5.61. The standard InChI is InChI=1S/C22H23N4O6P/c1-22(18-10-9-15-21(23)24-12-25-26(15)18)20(28)19(27)17(31-22)11-30-33(29)32-16-8-4-6-13-5-2-3-7-14(13)16/h2-10,12,17,19-20,27-28,33H,11H2,1H3,(H2,23,24,25)/t17-,19-,20-,22+/m1/s1. The Balaban J connectivity index is 1.30. The van der Waals surface area contributed by atoms with Gasteiger partial charge >= 0.3 is 8.25 Å². The highest BCUT2D eigenvalue weighted by Crippen LogP contribution is 2.41. The second-order valence-electron chi connectivity index (χ2n) is 8.00. The summed E-state index contributed by atoms with van der Waals surface area (Å²) < 4.78 is 31.0. The summed E-state index contributed by atoms with van der Waals surface area (Å²) in [7, 11) is -2.95. The summed E-state index contributed by atoms with van der Waals surface area (Å²) in [5, 5.41) is 27.3. The van der Waals surface area contributed by atoms with Gasteiger partial charge in [0.1, 0.15) is 41.5 Å². The van der Waals surface area contributed by atoms with E-state index in [4.69, 9.17) is 19.5 Å². The number of aliphatic hydroxyl groups is 2. The largest absolute Gasteiger partial charge is 0.426 e. The highest BCUT2D eigenvalue weighted by molar-refractivity contribution is 7.33. The Bertz CT molecular complexity index is 1340. The van der Waals surface area contributed by atoms with Gasteiger partial charge in [-0.15, -0.1) is 0 Å². The fourth-order valence-corrected chi connectivity index (χ4v) is 4.93. The van der Waals surface area contributed by atoms with Gasteiger partial charge in [0.05, 0.1) is 12.3 Å². The zero-order valence-electron chi connectivity index (χ0n) is 17.7. The minimum atomic E-state index is -2.95. The van der Waals surface area contributed by atoms with Gasteiger partial charge in [0.15, 0.2) is 5.82 Å². The number of hydrogen-bond donors (Lipinski definition) is 3.